The SMILES string of the molecule is CCCCc1ccc(-c2cccc3c2C=CC3c2ccc(C)s2)cc1. The smallest absolute Gasteiger partial charge is 0.0373 e. The lowest BCUT2D eigenvalue weighted by atomic mass is 9.92. The zero-order valence-corrected chi connectivity index (χ0v) is 15.8. The molecule has 1 heterocycles. The molecule has 0 amide bonds. The number of thiophene rings is 1. The fraction of sp³-hybridized carbons (Fsp3) is 0.250. The molecule has 0 spiro atoms. The van der Waals surface area contributed by atoms with Crippen molar-refractivity contribution in [1.82, 2.24) is 0 Å². The van der Waals surface area contributed by atoms with Crippen LogP contribution in [0, 0.1) is 6.92 Å². The predicted octanol–water partition coefficient (Wildman–Crippen LogP) is 7.22. The first-order valence-electron chi connectivity index (χ1n) is 9.23. The van der Waals surface area contributed by atoms with Gasteiger partial charge in [-0.25, -0.2) is 0 Å². The molecule has 126 valence electrons. The van der Waals surface area contributed by atoms with Crippen LogP contribution >= 0.6 is 11.3 Å². The van der Waals surface area contributed by atoms with Crippen LogP contribution in [0.4, 0.5) is 0 Å². The molecule has 1 unspecified atom stereocenters. The summed E-state index contributed by atoms with van der Waals surface area (Å²) in [5, 5.41) is 0. The van der Waals surface area contributed by atoms with E-state index >= 15 is 0 Å². The number of unbranched alkanes of at least 4 members (excludes halogenated alkanes) is 1. The summed E-state index contributed by atoms with van der Waals surface area (Å²) in [6.45, 7) is 4.43. The van der Waals surface area contributed by atoms with Crippen LogP contribution in [0.15, 0.2) is 60.7 Å². The van der Waals surface area contributed by atoms with Crippen LogP contribution in [0.3, 0.4) is 0 Å². The van der Waals surface area contributed by atoms with Crippen molar-refractivity contribution in [2.24, 2.45) is 0 Å². The van der Waals surface area contributed by atoms with Crippen molar-refractivity contribution in [1.29, 1.82) is 0 Å². The van der Waals surface area contributed by atoms with Gasteiger partial charge >= 0.3 is 0 Å². The summed E-state index contributed by atoms with van der Waals surface area (Å²) in [6, 6.07) is 20.4. The van der Waals surface area contributed by atoms with Crippen LogP contribution in [-0.4, -0.2) is 0 Å². The zero-order chi connectivity index (χ0) is 17.2. The van der Waals surface area contributed by atoms with Gasteiger partial charge < -0.3 is 0 Å². The Hall–Kier alpha value is -2.12. The van der Waals surface area contributed by atoms with Gasteiger partial charge in [-0.05, 0) is 59.7 Å². The number of fused-ring (bicyclic) bond motifs is 1. The first kappa shape index (κ1) is 16.4. The molecule has 4 rings (SSSR count). The topological polar surface area (TPSA) is 0 Å². The van der Waals surface area contributed by atoms with Crippen molar-refractivity contribution >= 4 is 17.4 Å². The van der Waals surface area contributed by atoms with E-state index in [0.29, 0.717) is 5.92 Å². The maximum atomic E-state index is 2.36. The lowest BCUT2D eigenvalue weighted by molar-refractivity contribution is 0.795. The van der Waals surface area contributed by atoms with Gasteiger partial charge in [-0.3, -0.25) is 0 Å². The average molecular weight is 345 g/mol. The van der Waals surface area contributed by atoms with Gasteiger partial charge in [0.15, 0.2) is 0 Å². The van der Waals surface area contributed by atoms with E-state index in [4.69, 9.17) is 0 Å². The van der Waals surface area contributed by atoms with Crippen LogP contribution in [0.5, 0.6) is 0 Å². The van der Waals surface area contributed by atoms with E-state index in [2.05, 4.69) is 80.6 Å². The van der Waals surface area contributed by atoms with Gasteiger partial charge in [0.2, 0.25) is 0 Å². The van der Waals surface area contributed by atoms with Crippen LogP contribution in [-0.2, 0) is 6.42 Å². The molecule has 25 heavy (non-hydrogen) atoms. The quantitative estimate of drug-likeness (QED) is 0.458. The molecule has 0 radical (unpaired) electrons. The third-order valence-corrected chi connectivity index (χ3v) is 6.17. The Morgan fingerprint density at radius 2 is 1.80 bits per heavy atom. The minimum Gasteiger partial charge on any atom is -0.145 e. The van der Waals surface area contributed by atoms with Crippen molar-refractivity contribution in [3.8, 4) is 11.1 Å². The normalized spacial score (nSPS) is 15.5. The molecule has 1 aromatic heterocycles. The molecule has 0 bridgehead atoms. The fourth-order valence-electron chi connectivity index (χ4n) is 3.69. The number of hydrogen-bond acceptors (Lipinski definition) is 1. The van der Waals surface area contributed by atoms with E-state index in [1.165, 1.54) is 56.8 Å². The highest BCUT2D eigenvalue weighted by Gasteiger charge is 2.22. The highest BCUT2D eigenvalue weighted by atomic mass is 32.1. The molecule has 0 aliphatic heterocycles. The monoisotopic (exact) mass is 344 g/mol. The number of hydrogen-bond donors (Lipinski definition) is 0. The molecule has 0 saturated carbocycles. The summed E-state index contributed by atoms with van der Waals surface area (Å²) >= 11 is 1.91. The van der Waals surface area contributed by atoms with Crippen molar-refractivity contribution < 1.29 is 0 Å². The third-order valence-electron chi connectivity index (χ3n) is 5.08. The first-order valence-corrected chi connectivity index (χ1v) is 10.0. The largest absolute Gasteiger partial charge is 0.145 e. The predicted molar refractivity (Wildman–Crippen MR) is 110 cm³/mol. The van der Waals surface area contributed by atoms with E-state index in [-0.39, 0.29) is 0 Å². The lowest BCUT2D eigenvalue weighted by Gasteiger charge is -2.13. The minimum absolute atomic E-state index is 0.414. The van der Waals surface area contributed by atoms with Crippen molar-refractivity contribution in [3.05, 3.63) is 87.1 Å². The second-order valence-electron chi connectivity index (χ2n) is 6.89. The molecule has 1 heteroatoms. The molecule has 2 aromatic carbocycles. The van der Waals surface area contributed by atoms with E-state index in [1.54, 1.807) is 0 Å². The minimum atomic E-state index is 0.414. The summed E-state index contributed by atoms with van der Waals surface area (Å²) in [6.07, 6.45) is 8.38. The molecule has 0 fully saturated rings. The van der Waals surface area contributed by atoms with Crippen LogP contribution < -0.4 is 0 Å². The number of allylic oxidation sites excluding steroid dienone is 1. The Morgan fingerprint density at radius 3 is 2.52 bits per heavy atom. The summed E-state index contributed by atoms with van der Waals surface area (Å²) in [7, 11) is 0. The molecule has 0 N–H and O–H groups in total. The van der Waals surface area contributed by atoms with Gasteiger partial charge in [0.05, 0.1) is 0 Å². The summed E-state index contributed by atoms with van der Waals surface area (Å²) in [5.74, 6) is 0.414. The van der Waals surface area contributed by atoms with E-state index in [1.807, 2.05) is 11.3 Å². The van der Waals surface area contributed by atoms with Crippen molar-refractivity contribution in [3.63, 3.8) is 0 Å². The Balaban J connectivity index is 1.67. The molecular formula is C24H24S. The Morgan fingerprint density at radius 1 is 0.960 bits per heavy atom. The van der Waals surface area contributed by atoms with E-state index in [0.717, 1.165) is 0 Å². The Kier molecular flexibility index (Phi) is 4.59. The fourth-order valence-corrected chi connectivity index (χ4v) is 4.67. The molecule has 1 aliphatic rings. The van der Waals surface area contributed by atoms with Gasteiger partial charge in [-0.15, -0.1) is 11.3 Å². The maximum Gasteiger partial charge on any atom is 0.0373 e. The number of benzene rings is 2. The third kappa shape index (κ3) is 3.21. The first-order chi connectivity index (χ1) is 12.3. The zero-order valence-electron chi connectivity index (χ0n) is 15.0. The molecule has 3 aromatic rings. The molecule has 0 saturated heterocycles. The van der Waals surface area contributed by atoms with Gasteiger partial charge in [-0.1, -0.05) is 68.0 Å². The highest BCUT2D eigenvalue weighted by molar-refractivity contribution is 7.12. The Labute approximate surface area is 154 Å². The highest BCUT2D eigenvalue weighted by Crippen LogP contribution is 2.42. The van der Waals surface area contributed by atoms with Crippen LogP contribution in [0.1, 0.15) is 52.1 Å². The summed E-state index contributed by atoms with van der Waals surface area (Å²) in [4.78, 5) is 2.83. The van der Waals surface area contributed by atoms with E-state index < -0.39 is 0 Å². The standard InChI is InChI=1S/C24H24S/c1-3-4-6-18-10-12-19(13-11-18)20-7-5-8-21-22(20)14-15-23(21)24-16-9-17(2)25-24/h5,7-16,23H,3-4,6H2,1-2H3. The second kappa shape index (κ2) is 7.01. The van der Waals surface area contributed by atoms with Gasteiger partial charge in [-0.2, -0.15) is 0 Å². The second-order valence-corrected chi connectivity index (χ2v) is 8.21. The van der Waals surface area contributed by atoms with Crippen LogP contribution in [0.2, 0.25) is 0 Å². The molecule has 0 nitrogen and oxygen atoms in total. The molecule has 1 aliphatic carbocycles. The van der Waals surface area contributed by atoms with Crippen molar-refractivity contribution in [2.75, 3.05) is 0 Å². The number of aryl methyl sites for hydroxylation is 2. The molecular weight excluding hydrogens is 320 g/mol. The van der Waals surface area contributed by atoms with Gasteiger partial charge in [0.1, 0.15) is 0 Å². The number of rotatable bonds is 5. The summed E-state index contributed by atoms with van der Waals surface area (Å²) in [5.41, 5.74) is 6.95. The van der Waals surface area contributed by atoms with Gasteiger partial charge in [0.25, 0.3) is 0 Å². The summed E-state index contributed by atoms with van der Waals surface area (Å²) < 4.78 is 0. The maximum absolute atomic E-state index is 2.36. The Bertz CT molecular complexity index is 896. The molecule has 1 atom stereocenters. The van der Waals surface area contributed by atoms with E-state index in [9.17, 15) is 0 Å². The van der Waals surface area contributed by atoms with Crippen LogP contribution in [0.25, 0.3) is 17.2 Å². The van der Waals surface area contributed by atoms with Gasteiger partial charge in [0, 0.05) is 15.7 Å². The average Bonchev–Trinajstić information content (AvgIpc) is 3.26. The van der Waals surface area contributed by atoms with Crippen molar-refractivity contribution in [2.45, 2.75) is 39.0 Å². The lowest BCUT2D eigenvalue weighted by Crippen LogP contribution is -1.94.